The van der Waals surface area contributed by atoms with Crippen LogP contribution in [0.15, 0.2) is 18.2 Å². The fraction of sp³-hybridized carbons (Fsp3) is 0.600. The molecule has 0 spiro atoms. The van der Waals surface area contributed by atoms with Gasteiger partial charge in [-0.05, 0) is 67.8 Å². The molecule has 2 atom stereocenters. The molecule has 2 nitrogen and oxygen atoms in total. The zero-order valence-corrected chi connectivity index (χ0v) is 10.5. The van der Waals surface area contributed by atoms with Gasteiger partial charge in [-0.25, -0.2) is 0 Å². The van der Waals surface area contributed by atoms with Crippen molar-refractivity contribution < 1.29 is 4.74 Å². The van der Waals surface area contributed by atoms with E-state index in [-0.39, 0.29) is 0 Å². The van der Waals surface area contributed by atoms with Crippen LogP contribution in [0.3, 0.4) is 0 Å². The minimum atomic E-state index is 0.759. The second-order valence-electron chi connectivity index (χ2n) is 5.34. The van der Waals surface area contributed by atoms with E-state index in [0.717, 1.165) is 17.7 Å². The minimum Gasteiger partial charge on any atom is -0.497 e. The lowest BCUT2D eigenvalue weighted by Crippen LogP contribution is -2.34. The molecule has 17 heavy (non-hydrogen) atoms. The highest BCUT2D eigenvalue weighted by Gasteiger charge is 2.28. The highest BCUT2D eigenvalue weighted by molar-refractivity contribution is 5.37. The lowest BCUT2D eigenvalue weighted by Gasteiger charge is -2.29. The molecule has 1 heterocycles. The topological polar surface area (TPSA) is 21.3 Å². The molecule has 1 aliphatic carbocycles. The van der Waals surface area contributed by atoms with Crippen LogP contribution in [-0.4, -0.2) is 19.7 Å². The Balaban J connectivity index is 1.78. The summed E-state index contributed by atoms with van der Waals surface area (Å²) < 4.78 is 5.33. The van der Waals surface area contributed by atoms with Crippen molar-refractivity contribution in [3.05, 3.63) is 29.3 Å². The third-order valence-electron chi connectivity index (χ3n) is 4.35. The summed E-state index contributed by atoms with van der Waals surface area (Å²) in [5, 5.41) is 3.65. The van der Waals surface area contributed by atoms with Gasteiger partial charge in [0.05, 0.1) is 7.11 Å². The summed E-state index contributed by atoms with van der Waals surface area (Å²) in [4.78, 5) is 0. The number of fused-ring (bicyclic) bond motifs is 1. The molecule has 0 saturated carbocycles. The Morgan fingerprint density at radius 3 is 2.94 bits per heavy atom. The van der Waals surface area contributed by atoms with Crippen molar-refractivity contribution >= 4 is 0 Å². The molecule has 1 aromatic carbocycles. The molecule has 2 unspecified atom stereocenters. The van der Waals surface area contributed by atoms with E-state index in [1.165, 1.54) is 49.8 Å². The third-order valence-corrected chi connectivity index (χ3v) is 4.35. The van der Waals surface area contributed by atoms with E-state index in [1.54, 1.807) is 7.11 Å². The van der Waals surface area contributed by atoms with Gasteiger partial charge in [0.1, 0.15) is 5.75 Å². The van der Waals surface area contributed by atoms with Gasteiger partial charge in [0.15, 0.2) is 0 Å². The van der Waals surface area contributed by atoms with Crippen LogP contribution >= 0.6 is 0 Å². The van der Waals surface area contributed by atoms with Gasteiger partial charge in [0.2, 0.25) is 0 Å². The monoisotopic (exact) mass is 231 g/mol. The average molecular weight is 231 g/mol. The second kappa shape index (κ2) is 4.69. The smallest absolute Gasteiger partial charge is 0.119 e. The molecule has 1 saturated heterocycles. The SMILES string of the molecule is COc1ccc2c(c1)CC(C1CCCN1)CC2. The van der Waals surface area contributed by atoms with Crippen LogP contribution < -0.4 is 10.1 Å². The van der Waals surface area contributed by atoms with Gasteiger partial charge in [0, 0.05) is 6.04 Å². The van der Waals surface area contributed by atoms with Gasteiger partial charge in [-0.3, -0.25) is 0 Å². The van der Waals surface area contributed by atoms with Gasteiger partial charge < -0.3 is 10.1 Å². The van der Waals surface area contributed by atoms with Crippen LogP contribution in [0, 0.1) is 5.92 Å². The van der Waals surface area contributed by atoms with E-state index in [2.05, 4.69) is 23.5 Å². The molecule has 2 aliphatic rings. The summed E-state index contributed by atoms with van der Waals surface area (Å²) in [6.07, 6.45) is 6.53. The second-order valence-corrected chi connectivity index (χ2v) is 5.34. The maximum Gasteiger partial charge on any atom is 0.119 e. The molecule has 1 aliphatic heterocycles. The van der Waals surface area contributed by atoms with Crippen molar-refractivity contribution in [2.45, 2.75) is 38.1 Å². The van der Waals surface area contributed by atoms with E-state index in [4.69, 9.17) is 4.74 Å². The number of rotatable bonds is 2. The number of benzene rings is 1. The highest BCUT2D eigenvalue weighted by atomic mass is 16.5. The number of ether oxygens (including phenoxy) is 1. The van der Waals surface area contributed by atoms with E-state index in [1.807, 2.05) is 0 Å². The lowest BCUT2D eigenvalue weighted by molar-refractivity contribution is 0.347. The maximum absolute atomic E-state index is 5.33. The number of aryl methyl sites for hydroxylation is 1. The first-order chi connectivity index (χ1) is 8.36. The molecule has 1 N–H and O–H groups in total. The molecule has 0 bridgehead atoms. The molecule has 0 radical (unpaired) electrons. The van der Waals surface area contributed by atoms with E-state index >= 15 is 0 Å². The molecule has 3 rings (SSSR count). The van der Waals surface area contributed by atoms with Crippen molar-refractivity contribution in [3.8, 4) is 5.75 Å². The molecule has 2 heteroatoms. The zero-order chi connectivity index (χ0) is 11.7. The van der Waals surface area contributed by atoms with E-state index in [0.29, 0.717) is 0 Å². The average Bonchev–Trinajstić information content (AvgIpc) is 2.91. The first kappa shape index (κ1) is 11.1. The quantitative estimate of drug-likeness (QED) is 0.844. The van der Waals surface area contributed by atoms with Gasteiger partial charge in [-0.1, -0.05) is 6.07 Å². The van der Waals surface area contributed by atoms with Gasteiger partial charge in [-0.15, -0.1) is 0 Å². The highest BCUT2D eigenvalue weighted by Crippen LogP contribution is 2.32. The van der Waals surface area contributed by atoms with Crippen molar-refractivity contribution in [2.24, 2.45) is 5.92 Å². The third kappa shape index (κ3) is 2.19. The van der Waals surface area contributed by atoms with Crippen LogP contribution in [0.4, 0.5) is 0 Å². The number of hydrogen-bond acceptors (Lipinski definition) is 2. The summed E-state index contributed by atoms with van der Waals surface area (Å²) in [5.41, 5.74) is 3.04. The van der Waals surface area contributed by atoms with Crippen LogP contribution in [0.5, 0.6) is 5.75 Å². The predicted octanol–water partition coefficient (Wildman–Crippen LogP) is 2.55. The van der Waals surface area contributed by atoms with Crippen molar-refractivity contribution in [2.75, 3.05) is 13.7 Å². The van der Waals surface area contributed by atoms with Crippen molar-refractivity contribution in [3.63, 3.8) is 0 Å². The normalized spacial score (nSPS) is 27.8. The Labute approximate surface area is 103 Å². The summed E-state index contributed by atoms with van der Waals surface area (Å²) in [5.74, 6) is 1.83. The Hall–Kier alpha value is -1.02. The van der Waals surface area contributed by atoms with Gasteiger partial charge in [-0.2, -0.15) is 0 Å². The molecular weight excluding hydrogens is 210 g/mol. The lowest BCUT2D eigenvalue weighted by atomic mass is 9.79. The van der Waals surface area contributed by atoms with Crippen LogP contribution in [-0.2, 0) is 12.8 Å². The molecule has 0 aromatic heterocycles. The van der Waals surface area contributed by atoms with Gasteiger partial charge >= 0.3 is 0 Å². The Morgan fingerprint density at radius 2 is 2.18 bits per heavy atom. The summed E-state index contributed by atoms with van der Waals surface area (Å²) in [6, 6.07) is 7.32. The predicted molar refractivity (Wildman–Crippen MR) is 69.5 cm³/mol. The number of nitrogens with one attached hydrogen (secondary N) is 1. The summed E-state index contributed by atoms with van der Waals surface area (Å²) >= 11 is 0. The first-order valence-corrected chi connectivity index (χ1v) is 6.76. The van der Waals surface area contributed by atoms with E-state index in [9.17, 15) is 0 Å². The number of hydrogen-bond donors (Lipinski definition) is 1. The van der Waals surface area contributed by atoms with Crippen molar-refractivity contribution in [1.82, 2.24) is 5.32 Å². The Morgan fingerprint density at radius 1 is 1.24 bits per heavy atom. The standard InChI is InChI=1S/C15H21NO/c1-17-14-7-6-11-4-5-12(9-13(11)10-14)15-3-2-8-16-15/h6-7,10,12,15-16H,2-5,8-9H2,1H3. The fourth-order valence-corrected chi connectivity index (χ4v) is 3.35. The summed E-state index contributed by atoms with van der Waals surface area (Å²) in [6.45, 7) is 1.21. The van der Waals surface area contributed by atoms with Crippen LogP contribution in [0.2, 0.25) is 0 Å². The fourth-order valence-electron chi connectivity index (χ4n) is 3.35. The Kier molecular flexibility index (Phi) is 3.06. The largest absolute Gasteiger partial charge is 0.497 e. The molecule has 92 valence electrons. The first-order valence-electron chi connectivity index (χ1n) is 6.76. The minimum absolute atomic E-state index is 0.759. The van der Waals surface area contributed by atoms with Crippen LogP contribution in [0.1, 0.15) is 30.4 Å². The molecule has 0 amide bonds. The maximum atomic E-state index is 5.33. The van der Waals surface area contributed by atoms with E-state index < -0.39 is 0 Å². The zero-order valence-electron chi connectivity index (χ0n) is 10.5. The van der Waals surface area contributed by atoms with Crippen LogP contribution in [0.25, 0.3) is 0 Å². The molecular formula is C15H21NO. The molecule has 1 aromatic rings. The van der Waals surface area contributed by atoms with Gasteiger partial charge in [0.25, 0.3) is 0 Å². The van der Waals surface area contributed by atoms with Crippen molar-refractivity contribution in [1.29, 1.82) is 0 Å². The molecule has 1 fully saturated rings. The Bertz CT molecular complexity index is 396. The number of methoxy groups -OCH3 is 1. The summed E-state index contributed by atoms with van der Waals surface area (Å²) in [7, 11) is 1.75.